The van der Waals surface area contributed by atoms with Crippen molar-refractivity contribution in [1.82, 2.24) is 0 Å². The normalized spacial score (nSPS) is 12.5. The Morgan fingerprint density at radius 3 is 1.50 bits per heavy atom. The van der Waals surface area contributed by atoms with Crippen LogP contribution < -0.4 is 0 Å². The summed E-state index contributed by atoms with van der Waals surface area (Å²) in [6.45, 7) is 6.59. The molecule has 1 atom stereocenters. The summed E-state index contributed by atoms with van der Waals surface area (Å²) in [5, 5.41) is 0. The van der Waals surface area contributed by atoms with Gasteiger partial charge in [0.15, 0.2) is 0 Å². The van der Waals surface area contributed by atoms with Crippen LogP contribution in [0.4, 0.5) is 0 Å². The molecule has 0 aliphatic heterocycles. The summed E-state index contributed by atoms with van der Waals surface area (Å²) in [5.74, 6) is 0.00898. The third-order valence-electron chi connectivity index (χ3n) is 6.44. The van der Waals surface area contributed by atoms with Crippen LogP contribution in [0.2, 0.25) is 0 Å². The van der Waals surface area contributed by atoms with E-state index in [1.54, 1.807) is 0 Å². The second-order valence-electron chi connectivity index (χ2n) is 9.90. The average Bonchev–Trinajstić information content (AvgIpc) is 2.78. The number of unbranched alkanes of at least 4 members (excludes halogenated alkanes) is 18. The average molecular weight is 451 g/mol. The number of allylic oxidation sites excluding steroid dienone is 2. The molecule has 0 aromatic rings. The van der Waals surface area contributed by atoms with E-state index in [9.17, 15) is 4.79 Å². The summed E-state index contributed by atoms with van der Waals surface area (Å²) in [6.07, 6.45) is 33.8. The van der Waals surface area contributed by atoms with Crippen molar-refractivity contribution in [3.63, 3.8) is 0 Å². The Bertz CT molecular complexity index is 402. The first-order valence-corrected chi connectivity index (χ1v) is 14.5. The van der Waals surface area contributed by atoms with Gasteiger partial charge in [-0.05, 0) is 51.9 Å². The van der Waals surface area contributed by atoms with Crippen LogP contribution in [0, 0.1) is 0 Å². The van der Waals surface area contributed by atoms with Gasteiger partial charge in [0.2, 0.25) is 0 Å². The number of carbonyl (C=O) groups excluding carboxylic acids is 1. The largest absolute Gasteiger partial charge is 0.463 e. The Labute approximate surface area is 202 Å². The summed E-state index contributed by atoms with van der Waals surface area (Å²) < 4.78 is 5.58. The lowest BCUT2D eigenvalue weighted by Crippen LogP contribution is -2.14. The van der Waals surface area contributed by atoms with Gasteiger partial charge in [-0.15, -0.1) is 0 Å². The highest BCUT2D eigenvalue weighted by molar-refractivity contribution is 5.69. The summed E-state index contributed by atoms with van der Waals surface area (Å²) in [5.41, 5.74) is 0. The van der Waals surface area contributed by atoms with Crippen LogP contribution in [0.5, 0.6) is 0 Å². The third kappa shape index (κ3) is 25.5. The highest BCUT2D eigenvalue weighted by Crippen LogP contribution is 2.14. The van der Waals surface area contributed by atoms with E-state index in [0.717, 1.165) is 19.3 Å². The second-order valence-corrected chi connectivity index (χ2v) is 9.90. The van der Waals surface area contributed by atoms with Gasteiger partial charge in [-0.1, -0.05) is 122 Å². The van der Waals surface area contributed by atoms with Crippen molar-refractivity contribution in [2.24, 2.45) is 0 Å². The van der Waals surface area contributed by atoms with Gasteiger partial charge in [-0.2, -0.15) is 0 Å². The minimum Gasteiger partial charge on any atom is -0.463 e. The number of ether oxygens (including phenoxy) is 1. The first-order valence-electron chi connectivity index (χ1n) is 14.5. The van der Waals surface area contributed by atoms with Gasteiger partial charge in [-0.3, -0.25) is 4.79 Å². The van der Waals surface area contributed by atoms with Crippen LogP contribution in [-0.4, -0.2) is 12.1 Å². The van der Waals surface area contributed by atoms with Crippen LogP contribution >= 0.6 is 0 Å². The van der Waals surface area contributed by atoms with Crippen molar-refractivity contribution in [1.29, 1.82) is 0 Å². The molecular weight excluding hydrogens is 392 g/mol. The first kappa shape index (κ1) is 31.2. The molecule has 0 aliphatic carbocycles. The molecule has 0 saturated carbocycles. The number of esters is 1. The van der Waals surface area contributed by atoms with Crippen LogP contribution in [0.1, 0.15) is 168 Å². The van der Waals surface area contributed by atoms with E-state index < -0.39 is 0 Å². The highest BCUT2D eigenvalue weighted by atomic mass is 16.5. The fourth-order valence-corrected chi connectivity index (χ4v) is 4.25. The topological polar surface area (TPSA) is 26.3 Å². The zero-order chi connectivity index (χ0) is 23.5. The third-order valence-corrected chi connectivity index (χ3v) is 6.44. The molecule has 0 radical (unpaired) electrons. The smallest absolute Gasteiger partial charge is 0.306 e. The molecule has 0 aliphatic rings. The van der Waals surface area contributed by atoms with Gasteiger partial charge in [0, 0.05) is 6.42 Å². The second kappa shape index (κ2) is 26.5. The van der Waals surface area contributed by atoms with E-state index >= 15 is 0 Å². The molecule has 0 spiro atoms. The predicted octanol–water partition coefficient (Wildman–Crippen LogP) is 10.5. The number of carbonyl (C=O) groups is 1. The maximum Gasteiger partial charge on any atom is 0.306 e. The Morgan fingerprint density at radius 2 is 1.00 bits per heavy atom. The molecule has 0 rings (SSSR count). The molecule has 0 heterocycles. The van der Waals surface area contributed by atoms with Gasteiger partial charge >= 0.3 is 5.97 Å². The van der Waals surface area contributed by atoms with Gasteiger partial charge in [0.25, 0.3) is 0 Å². The SMILES string of the molecule is CCCCCCCCC=CCCCCCCCC(=O)OC(C)CCCCCCCCCC. The summed E-state index contributed by atoms with van der Waals surface area (Å²) in [7, 11) is 0. The van der Waals surface area contributed by atoms with E-state index in [2.05, 4.69) is 32.9 Å². The highest BCUT2D eigenvalue weighted by Gasteiger charge is 2.09. The Kier molecular flexibility index (Phi) is 25.8. The number of rotatable bonds is 25. The molecule has 0 N–H and O–H groups in total. The van der Waals surface area contributed by atoms with Crippen LogP contribution in [0.15, 0.2) is 12.2 Å². The van der Waals surface area contributed by atoms with Gasteiger partial charge in [-0.25, -0.2) is 0 Å². The molecule has 32 heavy (non-hydrogen) atoms. The lowest BCUT2D eigenvalue weighted by atomic mass is 10.1. The van der Waals surface area contributed by atoms with Crippen molar-refractivity contribution in [3.8, 4) is 0 Å². The molecule has 0 aromatic carbocycles. The molecule has 0 fully saturated rings. The van der Waals surface area contributed by atoms with Crippen molar-refractivity contribution < 1.29 is 9.53 Å². The predicted molar refractivity (Wildman–Crippen MR) is 142 cm³/mol. The fraction of sp³-hybridized carbons (Fsp3) is 0.900. The van der Waals surface area contributed by atoms with E-state index in [0.29, 0.717) is 6.42 Å². The monoisotopic (exact) mass is 450 g/mol. The van der Waals surface area contributed by atoms with Gasteiger partial charge < -0.3 is 4.74 Å². The molecular formula is C30H58O2. The Hall–Kier alpha value is -0.790. The fourth-order valence-electron chi connectivity index (χ4n) is 4.25. The molecule has 190 valence electrons. The lowest BCUT2D eigenvalue weighted by Gasteiger charge is -2.13. The van der Waals surface area contributed by atoms with Crippen molar-refractivity contribution >= 4 is 5.97 Å². The lowest BCUT2D eigenvalue weighted by molar-refractivity contribution is -0.148. The van der Waals surface area contributed by atoms with Crippen LogP contribution in [0.25, 0.3) is 0 Å². The quantitative estimate of drug-likeness (QED) is 0.0785. The summed E-state index contributed by atoms with van der Waals surface area (Å²) in [6, 6.07) is 0. The molecule has 2 heteroatoms. The molecule has 0 amide bonds. The molecule has 0 saturated heterocycles. The van der Waals surface area contributed by atoms with Crippen LogP contribution in [-0.2, 0) is 9.53 Å². The number of hydrogen-bond donors (Lipinski definition) is 0. The maximum atomic E-state index is 12.0. The number of hydrogen-bond acceptors (Lipinski definition) is 2. The first-order chi connectivity index (χ1) is 15.7. The standard InChI is InChI=1S/C30H58O2/c1-4-6-8-10-12-14-15-16-17-18-19-20-22-24-26-28-30(31)32-29(3)27-25-23-21-13-11-9-7-5-2/h16-17,29H,4-15,18-28H2,1-3H3. The molecule has 1 unspecified atom stereocenters. The maximum absolute atomic E-state index is 12.0. The zero-order valence-corrected chi connectivity index (χ0v) is 22.3. The van der Waals surface area contributed by atoms with Gasteiger partial charge in [0.05, 0.1) is 6.10 Å². The molecule has 2 nitrogen and oxygen atoms in total. The van der Waals surface area contributed by atoms with E-state index in [-0.39, 0.29) is 12.1 Å². The van der Waals surface area contributed by atoms with Gasteiger partial charge in [0.1, 0.15) is 0 Å². The minimum absolute atomic E-state index is 0.00898. The zero-order valence-electron chi connectivity index (χ0n) is 22.3. The van der Waals surface area contributed by atoms with E-state index in [4.69, 9.17) is 4.74 Å². The van der Waals surface area contributed by atoms with Crippen molar-refractivity contribution in [2.45, 2.75) is 175 Å². The Balaban J connectivity index is 3.34. The van der Waals surface area contributed by atoms with Crippen molar-refractivity contribution in [3.05, 3.63) is 12.2 Å². The van der Waals surface area contributed by atoms with E-state index in [1.807, 2.05) is 0 Å². The Morgan fingerprint density at radius 1 is 0.594 bits per heavy atom. The van der Waals surface area contributed by atoms with E-state index in [1.165, 1.54) is 122 Å². The van der Waals surface area contributed by atoms with Crippen LogP contribution in [0.3, 0.4) is 0 Å². The van der Waals surface area contributed by atoms with Crippen molar-refractivity contribution in [2.75, 3.05) is 0 Å². The summed E-state index contributed by atoms with van der Waals surface area (Å²) >= 11 is 0. The minimum atomic E-state index is 0.00898. The molecule has 0 aromatic heterocycles. The molecule has 0 bridgehead atoms. The summed E-state index contributed by atoms with van der Waals surface area (Å²) in [4.78, 5) is 12.0.